The lowest BCUT2D eigenvalue weighted by Crippen LogP contribution is -2.38. The second kappa shape index (κ2) is 7.49. The van der Waals surface area contributed by atoms with Gasteiger partial charge in [0.05, 0.1) is 10.6 Å². The molecule has 0 N–H and O–H groups in total. The van der Waals surface area contributed by atoms with Crippen molar-refractivity contribution in [3.8, 4) is 10.7 Å². The van der Waals surface area contributed by atoms with E-state index in [1.165, 1.54) is 22.5 Å². The Bertz CT molecular complexity index is 1010. The van der Waals surface area contributed by atoms with Crippen LogP contribution >= 0.6 is 11.3 Å². The van der Waals surface area contributed by atoms with E-state index in [1.54, 1.807) is 17.4 Å². The smallest absolute Gasteiger partial charge is 0.230 e. The standard InChI is InChI=1S/C18H18FN3O3S2/c19-15-4-1-3-13(11-15)12-27(23,24)22-8-6-14(7-9-22)18-20-17(21-25-18)16-5-2-10-26-16/h1-5,10-11,14H,6-9,12H2. The van der Waals surface area contributed by atoms with Gasteiger partial charge in [-0.15, -0.1) is 11.3 Å². The summed E-state index contributed by atoms with van der Waals surface area (Å²) >= 11 is 1.54. The molecule has 9 heteroatoms. The number of rotatable bonds is 5. The Morgan fingerprint density at radius 3 is 2.74 bits per heavy atom. The number of benzene rings is 1. The third kappa shape index (κ3) is 4.10. The van der Waals surface area contributed by atoms with Gasteiger partial charge in [0.1, 0.15) is 5.82 Å². The maximum absolute atomic E-state index is 13.3. The van der Waals surface area contributed by atoms with Gasteiger partial charge in [-0.05, 0) is 42.0 Å². The predicted molar refractivity (Wildman–Crippen MR) is 100 cm³/mol. The molecule has 3 aromatic rings. The first kappa shape index (κ1) is 18.3. The van der Waals surface area contributed by atoms with Gasteiger partial charge in [0, 0.05) is 19.0 Å². The van der Waals surface area contributed by atoms with Crippen molar-refractivity contribution >= 4 is 21.4 Å². The fourth-order valence-corrected chi connectivity index (χ4v) is 5.42. The van der Waals surface area contributed by atoms with Crippen LogP contribution in [-0.2, 0) is 15.8 Å². The SMILES string of the molecule is O=S(=O)(Cc1cccc(F)c1)N1CCC(c2nc(-c3cccs3)no2)CC1. The summed E-state index contributed by atoms with van der Waals surface area (Å²) in [5.74, 6) is 0.548. The molecule has 2 aromatic heterocycles. The summed E-state index contributed by atoms with van der Waals surface area (Å²) < 4.78 is 45.4. The molecule has 1 fully saturated rings. The van der Waals surface area contributed by atoms with Gasteiger partial charge in [-0.1, -0.05) is 23.4 Å². The van der Waals surface area contributed by atoms with Gasteiger partial charge in [-0.2, -0.15) is 4.98 Å². The van der Waals surface area contributed by atoms with Crippen LogP contribution < -0.4 is 0 Å². The number of halogens is 1. The first-order valence-electron chi connectivity index (χ1n) is 8.61. The molecule has 0 amide bonds. The second-order valence-electron chi connectivity index (χ2n) is 6.49. The summed E-state index contributed by atoms with van der Waals surface area (Å²) in [6.45, 7) is 0.776. The maximum Gasteiger partial charge on any atom is 0.230 e. The van der Waals surface area contributed by atoms with Crippen LogP contribution in [0.4, 0.5) is 4.39 Å². The molecule has 1 aromatic carbocycles. The molecule has 6 nitrogen and oxygen atoms in total. The van der Waals surface area contributed by atoms with Crippen LogP contribution in [0.2, 0.25) is 0 Å². The molecule has 0 spiro atoms. The van der Waals surface area contributed by atoms with Crippen molar-refractivity contribution in [1.29, 1.82) is 0 Å². The van der Waals surface area contributed by atoms with Crippen LogP contribution in [0.25, 0.3) is 10.7 Å². The normalized spacial score (nSPS) is 16.6. The van der Waals surface area contributed by atoms with E-state index in [0.717, 1.165) is 4.88 Å². The van der Waals surface area contributed by atoms with E-state index >= 15 is 0 Å². The zero-order chi connectivity index (χ0) is 18.9. The van der Waals surface area contributed by atoms with Gasteiger partial charge >= 0.3 is 0 Å². The highest BCUT2D eigenvalue weighted by molar-refractivity contribution is 7.88. The van der Waals surface area contributed by atoms with Gasteiger partial charge in [-0.25, -0.2) is 17.1 Å². The first-order valence-corrected chi connectivity index (χ1v) is 11.1. The average molecular weight is 407 g/mol. The molecule has 3 heterocycles. The number of hydrogen-bond donors (Lipinski definition) is 0. The number of aromatic nitrogens is 2. The molecule has 27 heavy (non-hydrogen) atoms. The molecular formula is C18H18FN3O3S2. The number of thiophene rings is 1. The Kier molecular flexibility index (Phi) is 5.07. The van der Waals surface area contributed by atoms with Crippen LogP contribution in [0.3, 0.4) is 0 Å². The zero-order valence-corrected chi connectivity index (χ0v) is 16.0. The van der Waals surface area contributed by atoms with Crippen molar-refractivity contribution in [2.45, 2.75) is 24.5 Å². The van der Waals surface area contributed by atoms with Gasteiger partial charge in [0.15, 0.2) is 0 Å². The molecule has 142 valence electrons. The summed E-state index contributed by atoms with van der Waals surface area (Å²) in [5.41, 5.74) is 0.453. The minimum Gasteiger partial charge on any atom is -0.339 e. The van der Waals surface area contributed by atoms with Crippen molar-refractivity contribution in [2.75, 3.05) is 13.1 Å². The van der Waals surface area contributed by atoms with E-state index in [4.69, 9.17) is 4.52 Å². The van der Waals surface area contributed by atoms with Crippen LogP contribution in [0.15, 0.2) is 46.3 Å². The average Bonchev–Trinajstić information content (AvgIpc) is 3.33. The van der Waals surface area contributed by atoms with E-state index < -0.39 is 15.8 Å². The van der Waals surface area contributed by atoms with E-state index in [9.17, 15) is 12.8 Å². The van der Waals surface area contributed by atoms with Crippen LogP contribution in [-0.4, -0.2) is 36.0 Å². The van der Waals surface area contributed by atoms with Crippen molar-refractivity contribution in [1.82, 2.24) is 14.4 Å². The fourth-order valence-electron chi connectivity index (χ4n) is 3.22. The predicted octanol–water partition coefficient (Wildman–Crippen LogP) is 3.65. The number of hydrogen-bond acceptors (Lipinski definition) is 6. The highest BCUT2D eigenvalue weighted by atomic mass is 32.2. The third-order valence-corrected chi connectivity index (χ3v) is 7.33. The fraction of sp³-hybridized carbons (Fsp3) is 0.333. The lowest BCUT2D eigenvalue weighted by atomic mass is 9.98. The molecule has 0 unspecified atom stereocenters. The highest BCUT2D eigenvalue weighted by Crippen LogP contribution is 2.31. The van der Waals surface area contributed by atoms with E-state index in [2.05, 4.69) is 10.1 Å². The summed E-state index contributed by atoms with van der Waals surface area (Å²) in [7, 11) is -3.49. The lowest BCUT2D eigenvalue weighted by Gasteiger charge is -2.29. The largest absolute Gasteiger partial charge is 0.339 e. The molecule has 1 saturated heterocycles. The summed E-state index contributed by atoms with van der Waals surface area (Å²) in [5, 5.41) is 5.97. The Labute approximate surface area is 160 Å². The number of sulfonamides is 1. The van der Waals surface area contributed by atoms with Crippen molar-refractivity contribution < 1.29 is 17.3 Å². The molecule has 0 radical (unpaired) electrons. The molecule has 1 aliphatic heterocycles. The minimum atomic E-state index is -3.49. The number of nitrogens with zero attached hydrogens (tertiary/aromatic N) is 3. The van der Waals surface area contributed by atoms with Crippen molar-refractivity contribution in [3.05, 3.63) is 59.0 Å². The molecular weight excluding hydrogens is 389 g/mol. The number of piperidine rings is 1. The van der Waals surface area contributed by atoms with Crippen molar-refractivity contribution in [2.24, 2.45) is 0 Å². The summed E-state index contributed by atoms with van der Waals surface area (Å²) in [4.78, 5) is 5.41. The highest BCUT2D eigenvalue weighted by Gasteiger charge is 2.31. The monoisotopic (exact) mass is 407 g/mol. The first-order chi connectivity index (χ1) is 13.0. The van der Waals surface area contributed by atoms with Gasteiger partial charge in [0.25, 0.3) is 0 Å². The molecule has 0 atom stereocenters. The van der Waals surface area contributed by atoms with E-state index in [1.807, 2.05) is 17.5 Å². The quantitative estimate of drug-likeness (QED) is 0.645. The van der Waals surface area contributed by atoms with Crippen LogP contribution in [0.5, 0.6) is 0 Å². The van der Waals surface area contributed by atoms with E-state index in [0.29, 0.717) is 43.2 Å². The van der Waals surface area contributed by atoms with Crippen LogP contribution in [0.1, 0.15) is 30.2 Å². The molecule has 0 aliphatic carbocycles. The third-order valence-electron chi connectivity index (χ3n) is 4.62. The molecule has 0 saturated carbocycles. The summed E-state index contributed by atoms with van der Waals surface area (Å²) in [6, 6.07) is 9.56. The minimum absolute atomic E-state index is 0.0480. The Morgan fingerprint density at radius 1 is 1.22 bits per heavy atom. The van der Waals surface area contributed by atoms with E-state index in [-0.39, 0.29) is 11.7 Å². The van der Waals surface area contributed by atoms with Crippen LogP contribution in [0, 0.1) is 5.82 Å². The Balaban J connectivity index is 1.40. The van der Waals surface area contributed by atoms with Crippen molar-refractivity contribution in [3.63, 3.8) is 0 Å². The summed E-state index contributed by atoms with van der Waals surface area (Å²) in [6.07, 6.45) is 1.24. The molecule has 4 rings (SSSR count). The topological polar surface area (TPSA) is 76.3 Å². The maximum atomic E-state index is 13.3. The Morgan fingerprint density at radius 2 is 2.04 bits per heavy atom. The molecule has 1 aliphatic rings. The second-order valence-corrected chi connectivity index (χ2v) is 9.41. The van der Waals surface area contributed by atoms with Gasteiger partial charge in [0.2, 0.25) is 21.7 Å². The zero-order valence-electron chi connectivity index (χ0n) is 14.4. The Hall–Kier alpha value is -2.10. The molecule has 0 bridgehead atoms. The van der Waals surface area contributed by atoms with Gasteiger partial charge < -0.3 is 4.52 Å². The van der Waals surface area contributed by atoms with Gasteiger partial charge in [-0.3, -0.25) is 0 Å². The lowest BCUT2D eigenvalue weighted by molar-refractivity contribution is 0.270.